The van der Waals surface area contributed by atoms with Crippen LogP contribution in [0, 0.1) is 18.8 Å². The molecule has 144 valence electrons. The van der Waals surface area contributed by atoms with Crippen LogP contribution in [0.15, 0.2) is 18.2 Å². The number of amides is 2. The summed E-state index contributed by atoms with van der Waals surface area (Å²) in [6, 6.07) is 6.64. The molecule has 2 unspecified atom stereocenters. The number of hydrogen-bond donors (Lipinski definition) is 0. The van der Waals surface area contributed by atoms with Crippen LogP contribution in [-0.4, -0.2) is 46.8 Å². The van der Waals surface area contributed by atoms with Gasteiger partial charge in [0, 0.05) is 36.3 Å². The molecule has 2 saturated heterocycles. The zero-order chi connectivity index (χ0) is 18.5. The summed E-state index contributed by atoms with van der Waals surface area (Å²) in [5.41, 5.74) is 2.41. The lowest BCUT2D eigenvalue weighted by atomic mass is 10.0. The second-order valence-electron chi connectivity index (χ2n) is 9.18. The number of rotatable bonds is 4. The Labute approximate surface area is 161 Å². The Morgan fingerprint density at radius 3 is 1.59 bits per heavy atom. The quantitative estimate of drug-likeness (QED) is 0.807. The van der Waals surface area contributed by atoms with Crippen LogP contribution in [-0.2, 0) is 0 Å². The molecule has 4 aliphatic rings. The summed E-state index contributed by atoms with van der Waals surface area (Å²) in [5, 5.41) is 0. The first-order valence-corrected chi connectivity index (χ1v) is 10.9. The lowest BCUT2D eigenvalue weighted by Gasteiger charge is -2.26. The van der Waals surface area contributed by atoms with Crippen molar-refractivity contribution in [3.63, 3.8) is 0 Å². The van der Waals surface area contributed by atoms with Gasteiger partial charge in [0.25, 0.3) is 11.8 Å². The summed E-state index contributed by atoms with van der Waals surface area (Å²) in [6.45, 7) is 3.73. The fourth-order valence-electron chi connectivity index (χ4n) is 5.39. The van der Waals surface area contributed by atoms with Crippen molar-refractivity contribution < 1.29 is 9.59 Å². The van der Waals surface area contributed by atoms with Crippen LogP contribution >= 0.6 is 0 Å². The van der Waals surface area contributed by atoms with Crippen LogP contribution in [0.4, 0.5) is 0 Å². The minimum Gasteiger partial charge on any atom is -0.335 e. The molecule has 0 N–H and O–H groups in total. The van der Waals surface area contributed by atoms with E-state index >= 15 is 0 Å². The zero-order valence-electron chi connectivity index (χ0n) is 16.3. The monoisotopic (exact) mass is 366 g/mol. The Morgan fingerprint density at radius 2 is 1.19 bits per heavy atom. The van der Waals surface area contributed by atoms with Crippen molar-refractivity contribution in [3.8, 4) is 0 Å². The number of carbonyl (C=O) groups is 2. The van der Waals surface area contributed by atoms with Crippen LogP contribution < -0.4 is 0 Å². The van der Waals surface area contributed by atoms with E-state index in [4.69, 9.17) is 0 Å². The fourth-order valence-corrected chi connectivity index (χ4v) is 5.39. The van der Waals surface area contributed by atoms with E-state index in [2.05, 4.69) is 9.80 Å². The van der Waals surface area contributed by atoms with E-state index in [-0.39, 0.29) is 11.8 Å². The van der Waals surface area contributed by atoms with Crippen molar-refractivity contribution in [3.05, 3.63) is 34.9 Å². The van der Waals surface area contributed by atoms with E-state index in [9.17, 15) is 9.59 Å². The van der Waals surface area contributed by atoms with Gasteiger partial charge in [0.2, 0.25) is 0 Å². The van der Waals surface area contributed by atoms with Gasteiger partial charge in [0.05, 0.1) is 0 Å². The highest BCUT2D eigenvalue weighted by Gasteiger charge is 2.41. The highest BCUT2D eigenvalue weighted by Crippen LogP contribution is 2.41. The van der Waals surface area contributed by atoms with Gasteiger partial charge in [-0.25, -0.2) is 0 Å². The molecule has 4 heteroatoms. The molecular weight excluding hydrogens is 336 g/mol. The third-order valence-electron chi connectivity index (χ3n) is 7.02. The van der Waals surface area contributed by atoms with E-state index in [0.29, 0.717) is 35.0 Å². The molecule has 0 bridgehead atoms. The molecule has 2 amide bonds. The molecule has 2 atom stereocenters. The third-order valence-corrected chi connectivity index (χ3v) is 7.02. The molecule has 0 radical (unpaired) electrons. The van der Waals surface area contributed by atoms with E-state index in [1.807, 2.05) is 25.1 Å². The number of hydrogen-bond acceptors (Lipinski definition) is 2. The summed E-state index contributed by atoms with van der Waals surface area (Å²) in [7, 11) is 0. The molecule has 2 heterocycles. The summed E-state index contributed by atoms with van der Waals surface area (Å²) >= 11 is 0. The van der Waals surface area contributed by atoms with E-state index in [1.165, 1.54) is 25.7 Å². The Bertz CT molecular complexity index is 705. The Kier molecular flexibility index (Phi) is 4.25. The Hall–Kier alpha value is -1.84. The number of benzene rings is 1. The van der Waals surface area contributed by atoms with Gasteiger partial charge in [-0.2, -0.15) is 0 Å². The molecule has 0 spiro atoms. The Balaban J connectivity index is 1.39. The molecule has 2 aliphatic heterocycles. The second kappa shape index (κ2) is 6.65. The first kappa shape index (κ1) is 17.3. The highest BCUT2D eigenvalue weighted by molar-refractivity contribution is 6.00. The van der Waals surface area contributed by atoms with Crippen molar-refractivity contribution in [1.29, 1.82) is 0 Å². The van der Waals surface area contributed by atoms with Crippen LogP contribution in [0.2, 0.25) is 0 Å². The maximum absolute atomic E-state index is 13.2. The Morgan fingerprint density at radius 1 is 0.741 bits per heavy atom. The van der Waals surface area contributed by atoms with E-state index < -0.39 is 0 Å². The predicted molar refractivity (Wildman–Crippen MR) is 105 cm³/mol. The molecule has 2 saturated carbocycles. The minimum absolute atomic E-state index is 0.127. The molecule has 4 fully saturated rings. The SMILES string of the molecule is Cc1cc(C(=O)N2CCCC2C2CC2)cc(C(=O)N2CCCC2C2CC2)c1. The molecule has 5 rings (SSSR count). The molecule has 1 aromatic rings. The average Bonchev–Trinajstić information content (AvgIpc) is 3.60. The van der Waals surface area contributed by atoms with Crippen molar-refractivity contribution in [2.24, 2.45) is 11.8 Å². The van der Waals surface area contributed by atoms with E-state index in [0.717, 1.165) is 44.3 Å². The van der Waals surface area contributed by atoms with Crippen molar-refractivity contribution >= 4 is 11.8 Å². The first-order chi connectivity index (χ1) is 13.1. The molecular formula is C23H30N2O2. The number of carbonyl (C=O) groups excluding carboxylic acids is 2. The van der Waals surface area contributed by atoms with Crippen LogP contribution in [0.1, 0.15) is 77.6 Å². The maximum Gasteiger partial charge on any atom is 0.254 e. The van der Waals surface area contributed by atoms with Crippen molar-refractivity contribution in [2.75, 3.05) is 13.1 Å². The number of aryl methyl sites for hydroxylation is 1. The lowest BCUT2D eigenvalue weighted by Crippen LogP contribution is -2.38. The van der Waals surface area contributed by atoms with Gasteiger partial charge in [-0.05, 0) is 93.9 Å². The molecule has 1 aromatic carbocycles. The summed E-state index contributed by atoms with van der Waals surface area (Å²) in [4.78, 5) is 30.6. The number of likely N-dealkylation sites (tertiary alicyclic amines) is 2. The van der Waals surface area contributed by atoms with Gasteiger partial charge in [-0.3, -0.25) is 9.59 Å². The third kappa shape index (κ3) is 3.28. The van der Waals surface area contributed by atoms with Gasteiger partial charge in [0.1, 0.15) is 0 Å². The van der Waals surface area contributed by atoms with Gasteiger partial charge in [-0.15, -0.1) is 0 Å². The van der Waals surface area contributed by atoms with Gasteiger partial charge in [0.15, 0.2) is 0 Å². The van der Waals surface area contributed by atoms with E-state index in [1.54, 1.807) is 0 Å². The van der Waals surface area contributed by atoms with Crippen molar-refractivity contribution in [2.45, 2.75) is 70.4 Å². The van der Waals surface area contributed by atoms with Crippen LogP contribution in [0.5, 0.6) is 0 Å². The van der Waals surface area contributed by atoms with Crippen molar-refractivity contribution in [1.82, 2.24) is 9.80 Å². The largest absolute Gasteiger partial charge is 0.335 e. The standard InChI is InChI=1S/C23H30N2O2/c1-15-12-18(22(26)24-10-2-4-20(24)16-6-7-16)14-19(13-15)23(27)25-11-3-5-21(25)17-8-9-17/h12-14,16-17,20-21H,2-11H2,1H3. The van der Waals surface area contributed by atoms with Crippen LogP contribution in [0.25, 0.3) is 0 Å². The summed E-state index contributed by atoms with van der Waals surface area (Å²) in [5.74, 6) is 1.68. The molecule has 27 heavy (non-hydrogen) atoms. The first-order valence-electron chi connectivity index (χ1n) is 10.9. The molecule has 2 aliphatic carbocycles. The smallest absolute Gasteiger partial charge is 0.254 e. The van der Waals surface area contributed by atoms with Gasteiger partial charge < -0.3 is 9.80 Å². The minimum atomic E-state index is 0.127. The van der Waals surface area contributed by atoms with Gasteiger partial charge in [-0.1, -0.05) is 0 Å². The van der Waals surface area contributed by atoms with Crippen LogP contribution in [0.3, 0.4) is 0 Å². The fraction of sp³-hybridized carbons (Fsp3) is 0.652. The highest BCUT2D eigenvalue weighted by atomic mass is 16.2. The lowest BCUT2D eigenvalue weighted by molar-refractivity contribution is 0.0719. The summed E-state index contributed by atoms with van der Waals surface area (Å²) in [6.07, 6.45) is 9.58. The summed E-state index contributed by atoms with van der Waals surface area (Å²) < 4.78 is 0. The molecule has 0 aromatic heterocycles. The number of nitrogens with zero attached hydrogens (tertiary/aromatic N) is 2. The van der Waals surface area contributed by atoms with Gasteiger partial charge >= 0.3 is 0 Å². The molecule has 4 nitrogen and oxygen atoms in total. The average molecular weight is 367 g/mol. The zero-order valence-corrected chi connectivity index (χ0v) is 16.3. The topological polar surface area (TPSA) is 40.6 Å². The predicted octanol–water partition coefficient (Wildman–Crippen LogP) is 4.02. The normalized spacial score (nSPS) is 28.0. The maximum atomic E-state index is 13.2. The second-order valence-corrected chi connectivity index (χ2v) is 9.18.